The third-order valence-corrected chi connectivity index (χ3v) is 2.49. The van der Waals surface area contributed by atoms with Crippen LogP contribution in [-0.4, -0.2) is 11.9 Å². The first-order valence-electron chi connectivity index (χ1n) is 3.92. The van der Waals surface area contributed by atoms with Crippen molar-refractivity contribution >= 4 is 11.6 Å². The predicted molar refractivity (Wildman–Crippen MR) is 48.2 cm³/mol. The molecule has 1 N–H and O–H groups in total. The van der Waals surface area contributed by atoms with Gasteiger partial charge in [0.25, 0.3) is 0 Å². The number of hydrogen-bond donors (Lipinski definition) is 1. The Balaban J connectivity index is 2.62. The number of aliphatic hydroxyl groups is 1. The Hall–Kier alpha value is -0.930. The number of rotatable bonds is 1. The molecule has 0 saturated heterocycles. The highest BCUT2D eigenvalue weighted by molar-refractivity contribution is 6.33. The summed E-state index contributed by atoms with van der Waals surface area (Å²) in [5.74, 6) is 1.19. The molecule has 1 aliphatic heterocycles. The van der Waals surface area contributed by atoms with Gasteiger partial charge in [0, 0.05) is 5.56 Å². The van der Waals surface area contributed by atoms with E-state index >= 15 is 0 Å². The van der Waals surface area contributed by atoms with Crippen LogP contribution in [0, 0.1) is 6.92 Å². The molecule has 0 atom stereocenters. The van der Waals surface area contributed by atoms with Gasteiger partial charge in [0.05, 0.1) is 11.6 Å². The van der Waals surface area contributed by atoms with Crippen molar-refractivity contribution in [3.05, 3.63) is 22.2 Å². The van der Waals surface area contributed by atoms with Crippen molar-refractivity contribution in [3.63, 3.8) is 0 Å². The Morgan fingerprint density at radius 3 is 3.00 bits per heavy atom. The fourth-order valence-corrected chi connectivity index (χ4v) is 1.71. The molecule has 1 aromatic rings. The zero-order valence-electron chi connectivity index (χ0n) is 7.13. The molecule has 0 aromatic heterocycles. The van der Waals surface area contributed by atoms with E-state index in [0.29, 0.717) is 22.1 Å². The van der Waals surface area contributed by atoms with Crippen LogP contribution in [0.15, 0.2) is 6.07 Å². The summed E-state index contributed by atoms with van der Waals surface area (Å²) in [5, 5.41) is 9.50. The average molecular weight is 201 g/mol. The summed E-state index contributed by atoms with van der Waals surface area (Å²) in [6.45, 7) is 1.99. The van der Waals surface area contributed by atoms with Gasteiger partial charge in [0.1, 0.15) is 0 Å². The smallest absolute Gasteiger partial charge is 0.231 e. The molecule has 0 amide bonds. The van der Waals surface area contributed by atoms with E-state index in [2.05, 4.69) is 0 Å². The van der Waals surface area contributed by atoms with Gasteiger partial charge in [-0.15, -0.1) is 0 Å². The van der Waals surface area contributed by atoms with Crippen LogP contribution in [-0.2, 0) is 6.61 Å². The third kappa shape index (κ3) is 1.24. The van der Waals surface area contributed by atoms with E-state index in [-0.39, 0.29) is 13.4 Å². The Labute approximate surface area is 80.8 Å². The first-order valence-corrected chi connectivity index (χ1v) is 4.30. The van der Waals surface area contributed by atoms with Gasteiger partial charge in [-0.25, -0.2) is 0 Å². The largest absolute Gasteiger partial charge is 0.454 e. The van der Waals surface area contributed by atoms with Crippen LogP contribution in [0.2, 0.25) is 5.02 Å². The zero-order chi connectivity index (χ0) is 9.42. The lowest BCUT2D eigenvalue weighted by molar-refractivity contribution is 0.174. The monoisotopic (exact) mass is 200 g/mol. The topological polar surface area (TPSA) is 38.7 Å². The molecule has 0 saturated carbocycles. The van der Waals surface area contributed by atoms with Gasteiger partial charge in [-0.2, -0.15) is 0 Å². The standard InChI is InChI=1S/C9H9ClO3/c1-5-2-7-9(13-4-12-7)8(10)6(5)3-11/h2,11H,3-4H2,1H3. The number of ether oxygens (including phenoxy) is 2. The van der Waals surface area contributed by atoms with Crippen LogP contribution in [0.25, 0.3) is 0 Å². The van der Waals surface area contributed by atoms with Crippen LogP contribution >= 0.6 is 11.6 Å². The number of fused-ring (bicyclic) bond motifs is 1. The predicted octanol–water partition coefficient (Wildman–Crippen LogP) is 1.87. The molecule has 2 rings (SSSR count). The molecule has 0 bridgehead atoms. The Bertz CT molecular complexity index is 345. The molecule has 13 heavy (non-hydrogen) atoms. The first kappa shape index (κ1) is 8.66. The molecule has 1 heterocycles. The van der Waals surface area contributed by atoms with Crippen molar-refractivity contribution in [1.82, 2.24) is 0 Å². The Morgan fingerprint density at radius 2 is 2.31 bits per heavy atom. The zero-order valence-corrected chi connectivity index (χ0v) is 7.89. The van der Waals surface area contributed by atoms with E-state index in [0.717, 1.165) is 5.56 Å². The lowest BCUT2D eigenvalue weighted by atomic mass is 10.1. The molecular weight excluding hydrogens is 192 g/mol. The molecule has 0 unspecified atom stereocenters. The van der Waals surface area contributed by atoms with Crippen molar-refractivity contribution in [2.45, 2.75) is 13.5 Å². The second kappa shape index (κ2) is 3.09. The van der Waals surface area contributed by atoms with Gasteiger partial charge in [0.15, 0.2) is 11.5 Å². The minimum Gasteiger partial charge on any atom is -0.454 e. The lowest BCUT2D eigenvalue weighted by Gasteiger charge is -2.07. The SMILES string of the molecule is Cc1cc2c(c(Cl)c1CO)OCO2. The van der Waals surface area contributed by atoms with Gasteiger partial charge < -0.3 is 14.6 Å². The summed E-state index contributed by atoms with van der Waals surface area (Å²) >= 11 is 5.99. The fraction of sp³-hybridized carbons (Fsp3) is 0.333. The van der Waals surface area contributed by atoms with E-state index in [1.54, 1.807) is 0 Å². The highest BCUT2D eigenvalue weighted by Gasteiger charge is 2.21. The highest BCUT2D eigenvalue weighted by Crippen LogP contribution is 2.42. The van der Waals surface area contributed by atoms with Crippen molar-refractivity contribution in [1.29, 1.82) is 0 Å². The second-order valence-corrected chi connectivity index (χ2v) is 3.26. The summed E-state index contributed by atoms with van der Waals surface area (Å²) in [6, 6.07) is 1.82. The molecule has 1 aromatic carbocycles. The summed E-state index contributed by atoms with van der Waals surface area (Å²) in [4.78, 5) is 0. The van der Waals surface area contributed by atoms with Crippen LogP contribution in [0.1, 0.15) is 11.1 Å². The summed E-state index contributed by atoms with van der Waals surface area (Å²) in [7, 11) is 0. The van der Waals surface area contributed by atoms with Gasteiger partial charge in [0.2, 0.25) is 6.79 Å². The second-order valence-electron chi connectivity index (χ2n) is 2.88. The lowest BCUT2D eigenvalue weighted by Crippen LogP contribution is -1.93. The molecule has 0 fully saturated rings. The molecule has 0 aliphatic carbocycles. The van der Waals surface area contributed by atoms with Gasteiger partial charge in [-0.05, 0) is 18.6 Å². The third-order valence-electron chi connectivity index (χ3n) is 2.09. The molecule has 0 spiro atoms. The van der Waals surface area contributed by atoms with Crippen LogP contribution in [0.3, 0.4) is 0 Å². The van der Waals surface area contributed by atoms with E-state index in [9.17, 15) is 0 Å². The maximum Gasteiger partial charge on any atom is 0.231 e. The molecule has 4 heteroatoms. The van der Waals surface area contributed by atoms with E-state index in [1.165, 1.54) is 0 Å². The van der Waals surface area contributed by atoms with E-state index < -0.39 is 0 Å². The van der Waals surface area contributed by atoms with Crippen molar-refractivity contribution in [2.75, 3.05) is 6.79 Å². The molecule has 1 aliphatic rings. The normalized spacial score (nSPS) is 13.5. The number of aryl methyl sites for hydroxylation is 1. The number of halogens is 1. The fourth-order valence-electron chi connectivity index (χ4n) is 1.36. The van der Waals surface area contributed by atoms with Crippen molar-refractivity contribution in [2.24, 2.45) is 0 Å². The van der Waals surface area contributed by atoms with Crippen LogP contribution in [0.4, 0.5) is 0 Å². The van der Waals surface area contributed by atoms with Gasteiger partial charge in [-0.1, -0.05) is 11.6 Å². The van der Waals surface area contributed by atoms with E-state index in [1.807, 2.05) is 13.0 Å². The van der Waals surface area contributed by atoms with E-state index in [4.69, 9.17) is 26.2 Å². The number of aliphatic hydroxyl groups excluding tert-OH is 1. The minimum atomic E-state index is -0.0820. The number of benzene rings is 1. The molecule has 70 valence electrons. The Morgan fingerprint density at radius 1 is 1.54 bits per heavy atom. The van der Waals surface area contributed by atoms with Crippen LogP contribution < -0.4 is 9.47 Å². The van der Waals surface area contributed by atoms with Crippen molar-refractivity contribution < 1.29 is 14.6 Å². The average Bonchev–Trinajstić information content (AvgIpc) is 2.53. The first-order chi connectivity index (χ1) is 6.24. The summed E-state index contributed by atoms with van der Waals surface area (Å²) in [6.07, 6.45) is 0. The molecule has 3 nitrogen and oxygen atoms in total. The van der Waals surface area contributed by atoms with Gasteiger partial charge in [-0.3, -0.25) is 0 Å². The quantitative estimate of drug-likeness (QED) is 0.752. The molecular formula is C9H9ClO3. The summed E-state index contributed by atoms with van der Waals surface area (Å²) in [5.41, 5.74) is 1.61. The maximum atomic E-state index is 9.05. The highest BCUT2D eigenvalue weighted by atomic mass is 35.5. The summed E-state index contributed by atoms with van der Waals surface area (Å²) < 4.78 is 10.3. The Kier molecular flexibility index (Phi) is 2.06. The van der Waals surface area contributed by atoms with Crippen LogP contribution in [0.5, 0.6) is 11.5 Å². The van der Waals surface area contributed by atoms with Gasteiger partial charge >= 0.3 is 0 Å². The minimum absolute atomic E-state index is 0.0820. The number of hydrogen-bond acceptors (Lipinski definition) is 3. The van der Waals surface area contributed by atoms with Crippen molar-refractivity contribution in [3.8, 4) is 11.5 Å². The maximum absolute atomic E-state index is 9.05. The molecule has 0 radical (unpaired) electrons.